The highest BCUT2D eigenvalue weighted by atomic mass is 15.0. The Kier molecular flexibility index (Phi) is 4.93. The normalized spacial score (nSPS) is 11.8. The van der Waals surface area contributed by atoms with Gasteiger partial charge in [-0.2, -0.15) is 0 Å². The molecule has 0 aliphatic carbocycles. The monoisotopic (exact) mass is 534 g/mol. The van der Waals surface area contributed by atoms with Crippen LogP contribution in [0, 0.1) is 0 Å². The van der Waals surface area contributed by atoms with Gasteiger partial charge in [-0.25, -0.2) is 0 Å². The van der Waals surface area contributed by atoms with Crippen molar-refractivity contribution in [3.63, 3.8) is 0 Å². The molecule has 0 aliphatic heterocycles. The Bertz CT molecular complexity index is 2460. The number of hydrogen-bond acceptors (Lipinski definition) is 0. The third-order valence-electron chi connectivity index (χ3n) is 8.70. The quantitative estimate of drug-likeness (QED) is 0.200. The zero-order valence-electron chi connectivity index (χ0n) is 22.9. The van der Waals surface area contributed by atoms with E-state index in [1.165, 1.54) is 76.8 Å². The summed E-state index contributed by atoms with van der Waals surface area (Å²) in [5.74, 6) is 0. The lowest BCUT2D eigenvalue weighted by atomic mass is 9.97. The van der Waals surface area contributed by atoms with E-state index >= 15 is 0 Å². The molecule has 9 aromatic rings. The maximum Gasteiger partial charge on any atom is 0.0548 e. The first-order chi connectivity index (χ1) is 20.8. The van der Waals surface area contributed by atoms with E-state index in [-0.39, 0.29) is 0 Å². The van der Waals surface area contributed by atoms with Crippen molar-refractivity contribution < 1.29 is 0 Å². The van der Waals surface area contributed by atoms with E-state index in [1.54, 1.807) is 0 Å². The number of rotatable bonds is 3. The van der Waals surface area contributed by atoms with Gasteiger partial charge >= 0.3 is 0 Å². The van der Waals surface area contributed by atoms with E-state index in [9.17, 15) is 0 Å². The van der Waals surface area contributed by atoms with Crippen LogP contribution in [0.1, 0.15) is 0 Å². The second-order valence-corrected chi connectivity index (χ2v) is 11.1. The van der Waals surface area contributed by atoms with Crippen molar-refractivity contribution in [2.24, 2.45) is 0 Å². The van der Waals surface area contributed by atoms with Gasteiger partial charge in [-0.05, 0) is 87.3 Å². The third-order valence-corrected chi connectivity index (χ3v) is 8.70. The van der Waals surface area contributed by atoms with Crippen molar-refractivity contribution in [2.75, 3.05) is 0 Å². The van der Waals surface area contributed by atoms with Crippen LogP contribution in [-0.4, -0.2) is 9.13 Å². The summed E-state index contributed by atoms with van der Waals surface area (Å²) in [5, 5.41) is 8.89. The number of aromatic nitrogens is 2. The molecule has 0 bridgehead atoms. The molecule has 0 saturated heterocycles. The molecule has 0 N–H and O–H groups in total. The predicted molar refractivity (Wildman–Crippen MR) is 178 cm³/mol. The summed E-state index contributed by atoms with van der Waals surface area (Å²) in [6, 6.07) is 55.1. The average molecular weight is 535 g/mol. The van der Waals surface area contributed by atoms with E-state index in [2.05, 4.69) is 167 Å². The topological polar surface area (TPSA) is 9.86 Å². The second kappa shape index (κ2) is 8.95. The van der Waals surface area contributed by atoms with Gasteiger partial charge in [0.05, 0.1) is 16.6 Å². The first-order valence-corrected chi connectivity index (χ1v) is 14.4. The second-order valence-electron chi connectivity index (χ2n) is 11.1. The summed E-state index contributed by atoms with van der Waals surface area (Å²) in [6.45, 7) is 0. The number of hydrogen-bond donors (Lipinski definition) is 0. The molecule has 0 unspecified atom stereocenters. The van der Waals surface area contributed by atoms with Gasteiger partial charge in [0.15, 0.2) is 0 Å². The van der Waals surface area contributed by atoms with Crippen LogP contribution >= 0.6 is 0 Å². The lowest BCUT2D eigenvalue weighted by molar-refractivity contribution is 1.13. The molecule has 0 spiro atoms. The maximum absolute atomic E-state index is 2.42. The van der Waals surface area contributed by atoms with Crippen LogP contribution < -0.4 is 0 Å². The molecule has 2 heteroatoms. The van der Waals surface area contributed by atoms with Crippen molar-refractivity contribution in [1.29, 1.82) is 0 Å². The highest BCUT2D eigenvalue weighted by Crippen LogP contribution is 2.37. The molecule has 2 aromatic heterocycles. The van der Waals surface area contributed by atoms with Crippen LogP contribution in [0.2, 0.25) is 0 Å². The minimum absolute atomic E-state index is 1.17. The van der Waals surface area contributed by atoms with Crippen molar-refractivity contribution in [3.8, 4) is 22.5 Å². The minimum Gasteiger partial charge on any atom is -0.317 e. The average Bonchev–Trinajstić information content (AvgIpc) is 3.62. The molecule has 2 nitrogen and oxygen atoms in total. The molecular weight excluding hydrogens is 508 g/mol. The minimum atomic E-state index is 1.17. The van der Waals surface area contributed by atoms with Crippen LogP contribution in [0.15, 0.2) is 158 Å². The van der Waals surface area contributed by atoms with Crippen molar-refractivity contribution >= 4 is 54.3 Å². The molecule has 196 valence electrons. The standard InChI is InChI=1S/C40H26N2/c1-2-11-32(12-3-1)41-22-21-31-25-40-37(26-39(31)41)36-15-6-7-16-38(36)42(40)33-13-8-10-28(24-33)29-19-20-35-30(23-29)18-17-27-9-4-5-14-34(27)35/h1-26H. The number of fused-ring (bicyclic) bond motifs is 7. The number of benzene rings is 7. The van der Waals surface area contributed by atoms with Gasteiger partial charge in [0.2, 0.25) is 0 Å². The van der Waals surface area contributed by atoms with Gasteiger partial charge in [0.1, 0.15) is 0 Å². The van der Waals surface area contributed by atoms with Crippen LogP contribution in [0.5, 0.6) is 0 Å². The Morgan fingerprint density at radius 2 is 1.07 bits per heavy atom. The van der Waals surface area contributed by atoms with E-state index in [4.69, 9.17) is 0 Å². The lowest BCUT2D eigenvalue weighted by Crippen LogP contribution is -1.95. The van der Waals surface area contributed by atoms with Gasteiger partial charge in [0.25, 0.3) is 0 Å². The smallest absolute Gasteiger partial charge is 0.0548 e. The summed E-state index contributed by atoms with van der Waals surface area (Å²) >= 11 is 0. The van der Waals surface area contributed by atoms with E-state index < -0.39 is 0 Å². The Hall–Kier alpha value is -5.60. The first kappa shape index (κ1) is 23.1. The van der Waals surface area contributed by atoms with Crippen molar-refractivity contribution in [1.82, 2.24) is 9.13 Å². The zero-order chi connectivity index (χ0) is 27.6. The van der Waals surface area contributed by atoms with E-state index in [1.807, 2.05) is 0 Å². The molecule has 2 heterocycles. The summed E-state index contributed by atoms with van der Waals surface area (Å²) in [7, 11) is 0. The summed E-state index contributed by atoms with van der Waals surface area (Å²) in [5.41, 5.74) is 8.43. The predicted octanol–water partition coefficient (Wildman–Crippen LogP) is 10.7. The van der Waals surface area contributed by atoms with E-state index in [0.717, 1.165) is 0 Å². The van der Waals surface area contributed by atoms with Gasteiger partial charge in [-0.1, -0.05) is 97.1 Å². The Balaban J connectivity index is 1.24. The lowest BCUT2D eigenvalue weighted by Gasteiger charge is -2.12. The molecule has 0 atom stereocenters. The van der Waals surface area contributed by atoms with Crippen LogP contribution in [0.3, 0.4) is 0 Å². The molecule has 0 aliphatic rings. The zero-order valence-corrected chi connectivity index (χ0v) is 22.9. The van der Waals surface area contributed by atoms with Crippen LogP contribution in [0.4, 0.5) is 0 Å². The number of nitrogens with zero attached hydrogens (tertiary/aromatic N) is 2. The van der Waals surface area contributed by atoms with Gasteiger partial charge in [0, 0.05) is 33.7 Å². The largest absolute Gasteiger partial charge is 0.317 e. The highest BCUT2D eigenvalue weighted by Gasteiger charge is 2.15. The Labute approximate surface area is 243 Å². The van der Waals surface area contributed by atoms with Gasteiger partial charge < -0.3 is 9.13 Å². The fourth-order valence-corrected chi connectivity index (χ4v) is 6.71. The summed E-state index contributed by atoms with van der Waals surface area (Å²) < 4.78 is 4.70. The molecule has 0 fully saturated rings. The van der Waals surface area contributed by atoms with Gasteiger partial charge in [-0.15, -0.1) is 0 Å². The fourth-order valence-electron chi connectivity index (χ4n) is 6.71. The molecule has 0 saturated carbocycles. The first-order valence-electron chi connectivity index (χ1n) is 14.4. The maximum atomic E-state index is 2.42. The molecule has 7 aromatic carbocycles. The molecule has 0 amide bonds. The molecular formula is C40H26N2. The molecule has 42 heavy (non-hydrogen) atoms. The Morgan fingerprint density at radius 1 is 0.333 bits per heavy atom. The molecule has 0 radical (unpaired) electrons. The number of para-hydroxylation sites is 2. The Morgan fingerprint density at radius 3 is 2.00 bits per heavy atom. The van der Waals surface area contributed by atoms with Crippen molar-refractivity contribution in [3.05, 3.63) is 158 Å². The van der Waals surface area contributed by atoms with E-state index in [0.29, 0.717) is 0 Å². The highest BCUT2D eigenvalue weighted by molar-refractivity contribution is 6.13. The SMILES string of the molecule is c1ccc(-n2ccc3cc4c(cc32)c2ccccc2n4-c2cccc(-c3ccc4c(ccc5ccccc54)c3)c2)cc1. The summed E-state index contributed by atoms with van der Waals surface area (Å²) in [6.07, 6.45) is 2.18. The van der Waals surface area contributed by atoms with Crippen LogP contribution in [-0.2, 0) is 0 Å². The van der Waals surface area contributed by atoms with Crippen LogP contribution in [0.25, 0.3) is 76.8 Å². The summed E-state index contributed by atoms with van der Waals surface area (Å²) in [4.78, 5) is 0. The molecule has 9 rings (SSSR count). The third kappa shape index (κ3) is 3.45. The fraction of sp³-hybridized carbons (Fsp3) is 0. The van der Waals surface area contributed by atoms with Gasteiger partial charge in [-0.3, -0.25) is 0 Å². The van der Waals surface area contributed by atoms with Crippen molar-refractivity contribution in [2.45, 2.75) is 0 Å².